The van der Waals surface area contributed by atoms with Crippen LogP contribution in [0.15, 0.2) is 48.5 Å². The van der Waals surface area contributed by atoms with Crippen LogP contribution in [0.25, 0.3) is 0 Å². The van der Waals surface area contributed by atoms with E-state index in [-0.39, 0.29) is 12.0 Å². The van der Waals surface area contributed by atoms with Crippen molar-refractivity contribution < 1.29 is 18.0 Å². The van der Waals surface area contributed by atoms with Crippen molar-refractivity contribution in [2.75, 3.05) is 13.6 Å². The summed E-state index contributed by atoms with van der Waals surface area (Å²) in [6, 6.07) is 12.8. The van der Waals surface area contributed by atoms with Gasteiger partial charge in [0, 0.05) is 18.2 Å². The number of halogens is 3. The van der Waals surface area contributed by atoms with Crippen LogP contribution in [0.4, 0.5) is 13.2 Å². The first-order valence-corrected chi connectivity index (χ1v) is 8.03. The van der Waals surface area contributed by atoms with Crippen molar-refractivity contribution in [3.8, 4) is 0 Å². The lowest BCUT2D eigenvalue weighted by molar-refractivity contribution is -0.137. The maximum atomic E-state index is 12.7. The number of alkyl halides is 3. The van der Waals surface area contributed by atoms with Crippen LogP contribution < -0.4 is 5.73 Å². The second-order valence-corrected chi connectivity index (χ2v) is 6.49. The van der Waals surface area contributed by atoms with E-state index < -0.39 is 17.6 Å². The standard InChI is InChI=1S/C19H19F3N2O/c1-24-11-15(12-6-8-16(9-7-12)19(20,21)22)10-17(24)13-2-4-14(5-3-13)18(23)25/h2-9,15,17H,10-11H2,1H3,(H2,23,25). The fourth-order valence-corrected chi connectivity index (χ4v) is 3.44. The minimum atomic E-state index is -4.31. The zero-order chi connectivity index (χ0) is 18.2. The van der Waals surface area contributed by atoms with Gasteiger partial charge in [-0.15, -0.1) is 0 Å². The fourth-order valence-electron chi connectivity index (χ4n) is 3.44. The number of rotatable bonds is 3. The third-order valence-electron chi connectivity index (χ3n) is 4.84. The summed E-state index contributed by atoms with van der Waals surface area (Å²) in [5, 5.41) is 0. The van der Waals surface area contributed by atoms with Gasteiger partial charge in [-0.25, -0.2) is 0 Å². The molecule has 2 unspecified atom stereocenters. The van der Waals surface area contributed by atoms with Gasteiger partial charge in [0.15, 0.2) is 0 Å². The summed E-state index contributed by atoms with van der Waals surface area (Å²) in [4.78, 5) is 13.3. The molecule has 1 saturated heterocycles. The molecule has 1 fully saturated rings. The molecule has 0 spiro atoms. The zero-order valence-electron chi connectivity index (χ0n) is 13.8. The van der Waals surface area contributed by atoms with E-state index in [1.165, 1.54) is 0 Å². The van der Waals surface area contributed by atoms with Crippen LogP contribution in [-0.2, 0) is 6.18 Å². The number of hydrogen-bond acceptors (Lipinski definition) is 2. The van der Waals surface area contributed by atoms with E-state index in [2.05, 4.69) is 4.90 Å². The Labute approximate surface area is 144 Å². The summed E-state index contributed by atoms with van der Waals surface area (Å²) in [5.41, 5.74) is 7.08. The van der Waals surface area contributed by atoms with Crippen LogP contribution in [0.5, 0.6) is 0 Å². The highest BCUT2D eigenvalue weighted by molar-refractivity contribution is 5.92. The number of likely N-dealkylation sites (tertiary alicyclic amines) is 1. The number of nitrogens with two attached hydrogens (primary N) is 1. The monoisotopic (exact) mass is 348 g/mol. The van der Waals surface area contributed by atoms with E-state index in [1.807, 2.05) is 19.2 Å². The number of hydrogen-bond donors (Lipinski definition) is 1. The average molecular weight is 348 g/mol. The number of likely N-dealkylation sites (N-methyl/N-ethyl adjacent to an activating group) is 1. The van der Waals surface area contributed by atoms with E-state index in [4.69, 9.17) is 5.73 Å². The molecule has 2 aromatic rings. The van der Waals surface area contributed by atoms with Crippen molar-refractivity contribution in [3.63, 3.8) is 0 Å². The number of carbonyl (C=O) groups excluding carboxylic acids is 1. The first-order valence-electron chi connectivity index (χ1n) is 8.03. The van der Waals surface area contributed by atoms with Gasteiger partial charge in [-0.05, 0) is 54.8 Å². The quantitative estimate of drug-likeness (QED) is 0.912. The third-order valence-corrected chi connectivity index (χ3v) is 4.84. The number of primary amides is 1. The maximum absolute atomic E-state index is 12.7. The Hall–Kier alpha value is -2.34. The Morgan fingerprint density at radius 1 is 1.04 bits per heavy atom. The van der Waals surface area contributed by atoms with Gasteiger partial charge in [-0.1, -0.05) is 24.3 Å². The Bertz CT molecular complexity index is 754. The van der Waals surface area contributed by atoms with E-state index >= 15 is 0 Å². The molecular formula is C19H19F3N2O. The normalized spacial score (nSPS) is 21.4. The molecule has 0 saturated carbocycles. The summed E-state index contributed by atoms with van der Waals surface area (Å²) in [6.45, 7) is 0.771. The molecule has 1 amide bonds. The Kier molecular flexibility index (Phi) is 4.56. The molecule has 1 aliphatic heterocycles. The van der Waals surface area contributed by atoms with Crippen molar-refractivity contribution in [1.82, 2.24) is 4.90 Å². The van der Waals surface area contributed by atoms with Gasteiger partial charge in [-0.3, -0.25) is 9.69 Å². The molecule has 1 heterocycles. The molecular weight excluding hydrogens is 329 g/mol. The van der Waals surface area contributed by atoms with Crippen LogP contribution in [0.2, 0.25) is 0 Å². The largest absolute Gasteiger partial charge is 0.416 e. The van der Waals surface area contributed by atoms with Crippen LogP contribution in [0.3, 0.4) is 0 Å². The highest BCUT2D eigenvalue weighted by Crippen LogP contribution is 2.40. The van der Waals surface area contributed by atoms with E-state index in [1.54, 1.807) is 24.3 Å². The Morgan fingerprint density at radius 3 is 2.12 bits per heavy atom. The number of amides is 1. The molecule has 132 valence electrons. The summed E-state index contributed by atoms with van der Waals surface area (Å²) < 4.78 is 38.1. The van der Waals surface area contributed by atoms with Crippen LogP contribution >= 0.6 is 0 Å². The van der Waals surface area contributed by atoms with Gasteiger partial charge >= 0.3 is 6.18 Å². The van der Waals surface area contributed by atoms with Crippen molar-refractivity contribution in [2.45, 2.75) is 24.6 Å². The lowest BCUT2D eigenvalue weighted by Crippen LogP contribution is -2.18. The van der Waals surface area contributed by atoms with Gasteiger partial charge in [-0.2, -0.15) is 13.2 Å². The summed E-state index contributed by atoms with van der Waals surface area (Å²) in [6.07, 6.45) is -3.49. The number of nitrogens with zero attached hydrogens (tertiary/aromatic N) is 1. The lowest BCUT2D eigenvalue weighted by atomic mass is 9.93. The smallest absolute Gasteiger partial charge is 0.366 e. The number of benzene rings is 2. The summed E-state index contributed by atoms with van der Waals surface area (Å²) in [5.74, 6) is -0.290. The SMILES string of the molecule is CN1CC(c2ccc(C(F)(F)F)cc2)CC1c1ccc(C(N)=O)cc1. The first-order chi connectivity index (χ1) is 11.8. The summed E-state index contributed by atoms with van der Waals surface area (Å²) >= 11 is 0. The van der Waals surface area contributed by atoms with Crippen molar-refractivity contribution in [3.05, 3.63) is 70.8 Å². The Balaban J connectivity index is 1.76. The molecule has 2 atom stereocenters. The molecule has 0 radical (unpaired) electrons. The van der Waals surface area contributed by atoms with Crippen molar-refractivity contribution in [2.24, 2.45) is 5.73 Å². The molecule has 0 aromatic heterocycles. The van der Waals surface area contributed by atoms with E-state index in [0.717, 1.165) is 36.2 Å². The topological polar surface area (TPSA) is 46.3 Å². The van der Waals surface area contributed by atoms with Gasteiger partial charge in [0.25, 0.3) is 0 Å². The minimum absolute atomic E-state index is 0.161. The number of carbonyl (C=O) groups is 1. The molecule has 3 nitrogen and oxygen atoms in total. The van der Waals surface area contributed by atoms with Gasteiger partial charge in [0.05, 0.1) is 5.56 Å². The molecule has 25 heavy (non-hydrogen) atoms. The van der Waals surface area contributed by atoms with Crippen LogP contribution in [0.1, 0.15) is 45.4 Å². The van der Waals surface area contributed by atoms with Crippen LogP contribution in [-0.4, -0.2) is 24.4 Å². The molecule has 6 heteroatoms. The second-order valence-electron chi connectivity index (χ2n) is 6.49. The first kappa shape index (κ1) is 17.5. The maximum Gasteiger partial charge on any atom is 0.416 e. The van der Waals surface area contributed by atoms with Gasteiger partial charge in [0.1, 0.15) is 0 Å². The predicted molar refractivity (Wildman–Crippen MR) is 89.1 cm³/mol. The van der Waals surface area contributed by atoms with Crippen molar-refractivity contribution >= 4 is 5.91 Å². The fraction of sp³-hybridized carbons (Fsp3) is 0.316. The molecule has 1 aliphatic rings. The molecule has 2 N–H and O–H groups in total. The average Bonchev–Trinajstić information content (AvgIpc) is 2.96. The van der Waals surface area contributed by atoms with E-state index in [0.29, 0.717) is 5.56 Å². The van der Waals surface area contributed by atoms with Crippen molar-refractivity contribution in [1.29, 1.82) is 0 Å². The minimum Gasteiger partial charge on any atom is -0.366 e. The summed E-state index contributed by atoms with van der Waals surface area (Å²) in [7, 11) is 2.00. The highest BCUT2D eigenvalue weighted by Gasteiger charge is 2.33. The lowest BCUT2D eigenvalue weighted by Gasteiger charge is -2.19. The molecule has 2 aromatic carbocycles. The zero-order valence-corrected chi connectivity index (χ0v) is 13.8. The predicted octanol–water partition coefficient (Wildman–Crippen LogP) is 3.96. The third kappa shape index (κ3) is 3.69. The van der Waals surface area contributed by atoms with Crippen LogP contribution in [0, 0.1) is 0 Å². The highest BCUT2D eigenvalue weighted by atomic mass is 19.4. The molecule has 0 bridgehead atoms. The Morgan fingerprint density at radius 2 is 1.60 bits per heavy atom. The molecule has 0 aliphatic carbocycles. The van der Waals surface area contributed by atoms with E-state index in [9.17, 15) is 18.0 Å². The van der Waals surface area contributed by atoms with Gasteiger partial charge in [0.2, 0.25) is 5.91 Å². The van der Waals surface area contributed by atoms with Gasteiger partial charge < -0.3 is 5.73 Å². The molecule has 3 rings (SSSR count). The second kappa shape index (κ2) is 6.52.